The predicted octanol–water partition coefficient (Wildman–Crippen LogP) is 1.37. The van der Waals surface area contributed by atoms with Gasteiger partial charge in [-0.1, -0.05) is 27.7 Å². The zero-order valence-electron chi connectivity index (χ0n) is 9.04. The molecule has 3 nitrogen and oxygen atoms in total. The van der Waals surface area contributed by atoms with Crippen molar-refractivity contribution in [1.82, 2.24) is 0 Å². The summed E-state index contributed by atoms with van der Waals surface area (Å²) in [7, 11) is 0. The van der Waals surface area contributed by atoms with E-state index in [0.717, 1.165) is 0 Å². The second-order valence-corrected chi connectivity index (χ2v) is 4.32. The molecule has 0 saturated carbocycles. The van der Waals surface area contributed by atoms with Crippen LogP contribution in [0, 0.1) is 11.8 Å². The molecule has 2 N–H and O–H groups in total. The maximum atomic E-state index is 5.87. The topological polar surface area (TPSA) is 44.5 Å². The van der Waals surface area contributed by atoms with Crippen LogP contribution in [0.5, 0.6) is 0 Å². The van der Waals surface area contributed by atoms with Gasteiger partial charge in [-0.15, -0.1) is 0 Å². The van der Waals surface area contributed by atoms with E-state index in [0.29, 0.717) is 25.0 Å². The molecule has 0 aliphatic carbocycles. The fraction of sp³-hybridized carbons (Fsp3) is 1.00. The average Bonchev–Trinajstić information content (AvgIpc) is 2.48. The number of hydrogen-bond donors (Lipinski definition) is 1. The normalized spacial score (nSPS) is 27.5. The van der Waals surface area contributed by atoms with Crippen LogP contribution in [0.1, 0.15) is 27.7 Å². The maximum absolute atomic E-state index is 5.87. The van der Waals surface area contributed by atoms with E-state index in [9.17, 15) is 0 Å². The Hall–Kier alpha value is -0.120. The highest BCUT2D eigenvalue weighted by Gasteiger charge is 2.46. The molecule has 0 aromatic heterocycles. The van der Waals surface area contributed by atoms with Crippen LogP contribution >= 0.6 is 0 Å². The van der Waals surface area contributed by atoms with Gasteiger partial charge in [0, 0.05) is 18.4 Å². The van der Waals surface area contributed by atoms with E-state index in [1.54, 1.807) is 0 Å². The molecule has 1 fully saturated rings. The van der Waals surface area contributed by atoms with Crippen molar-refractivity contribution < 1.29 is 9.47 Å². The highest BCUT2D eigenvalue weighted by molar-refractivity contribution is 4.84. The molecule has 0 bridgehead atoms. The predicted molar refractivity (Wildman–Crippen MR) is 52.3 cm³/mol. The summed E-state index contributed by atoms with van der Waals surface area (Å²) in [6.07, 6.45) is 0.0739. The van der Waals surface area contributed by atoms with Crippen molar-refractivity contribution >= 4 is 0 Å². The van der Waals surface area contributed by atoms with E-state index >= 15 is 0 Å². The molecule has 1 atom stereocenters. The Morgan fingerprint density at radius 1 is 1.31 bits per heavy atom. The molecule has 1 heterocycles. The van der Waals surface area contributed by atoms with E-state index in [1.807, 2.05) is 0 Å². The lowest BCUT2D eigenvalue weighted by Crippen LogP contribution is -2.43. The van der Waals surface area contributed by atoms with Crippen LogP contribution in [0.25, 0.3) is 0 Å². The van der Waals surface area contributed by atoms with Gasteiger partial charge in [0.1, 0.15) is 0 Å². The molecule has 0 radical (unpaired) electrons. The molecule has 1 rings (SSSR count). The van der Waals surface area contributed by atoms with Crippen molar-refractivity contribution in [3.05, 3.63) is 0 Å². The summed E-state index contributed by atoms with van der Waals surface area (Å²) < 4.78 is 11.6. The van der Waals surface area contributed by atoms with Crippen molar-refractivity contribution in [3.63, 3.8) is 0 Å². The molecule has 1 aliphatic heterocycles. The van der Waals surface area contributed by atoms with E-state index < -0.39 is 5.79 Å². The SMILES string of the molecule is CC(C)C1(C(C)C)OCC(CN)O1. The zero-order chi connectivity index (χ0) is 10.1. The largest absolute Gasteiger partial charge is 0.347 e. The lowest BCUT2D eigenvalue weighted by Gasteiger charge is -2.35. The first kappa shape index (κ1) is 11.0. The van der Waals surface area contributed by atoms with Gasteiger partial charge in [0.15, 0.2) is 5.79 Å². The van der Waals surface area contributed by atoms with Gasteiger partial charge in [-0.2, -0.15) is 0 Å². The molecule has 1 saturated heterocycles. The van der Waals surface area contributed by atoms with E-state index in [4.69, 9.17) is 15.2 Å². The van der Waals surface area contributed by atoms with Crippen molar-refractivity contribution in [2.45, 2.75) is 39.6 Å². The van der Waals surface area contributed by atoms with Crippen molar-refractivity contribution in [2.75, 3.05) is 13.2 Å². The minimum Gasteiger partial charge on any atom is -0.347 e. The van der Waals surface area contributed by atoms with Gasteiger partial charge in [0.05, 0.1) is 12.7 Å². The molecule has 0 aromatic rings. The monoisotopic (exact) mass is 187 g/mol. The van der Waals surface area contributed by atoms with Crippen LogP contribution in [0.2, 0.25) is 0 Å². The van der Waals surface area contributed by atoms with Crippen molar-refractivity contribution in [3.8, 4) is 0 Å². The summed E-state index contributed by atoms with van der Waals surface area (Å²) in [6.45, 7) is 9.67. The molecule has 1 aliphatic rings. The van der Waals surface area contributed by atoms with Gasteiger partial charge >= 0.3 is 0 Å². The van der Waals surface area contributed by atoms with Crippen LogP contribution in [-0.2, 0) is 9.47 Å². The Balaban J connectivity index is 2.72. The standard InChI is InChI=1S/C10H21NO2/c1-7(2)10(8(3)4)12-6-9(5-11)13-10/h7-9H,5-6,11H2,1-4H3. The summed E-state index contributed by atoms with van der Waals surface area (Å²) in [4.78, 5) is 0. The lowest BCUT2D eigenvalue weighted by atomic mass is 9.91. The molecule has 13 heavy (non-hydrogen) atoms. The van der Waals surface area contributed by atoms with Crippen LogP contribution in [0.3, 0.4) is 0 Å². The third kappa shape index (κ3) is 1.87. The number of ether oxygens (including phenoxy) is 2. The Bertz CT molecular complexity index is 160. The van der Waals surface area contributed by atoms with Crippen molar-refractivity contribution in [1.29, 1.82) is 0 Å². The highest BCUT2D eigenvalue weighted by Crippen LogP contribution is 2.37. The average molecular weight is 187 g/mol. The minimum absolute atomic E-state index is 0.0739. The third-order valence-electron chi connectivity index (χ3n) is 2.72. The van der Waals surface area contributed by atoms with Crippen LogP contribution in [-0.4, -0.2) is 25.0 Å². The molecule has 3 heteroatoms. The van der Waals surface area contributed by atoms with Gasteiger partial charge < -0.3 is 15.2 Å². The van der Waals surface area contributed by atoms with Crippen LogP contribution in [0.4, 0.5) is 0 Å². The Labute approximate surface area is 80.6 Å². The molecule has 0 spiro atoms. The van der Waals surface area contributed by atoms with E-state index in [-0.39, 0.29) is 6.10 Å². The first-order valence-corrected chi connectivity index (χ1v) is 5.04. The summed E-state index contributed by atoms with van der Waals surface area (Å²) in [5.41, 5.74) is 5.55. The lowest BCUT2D eigenvalue weighted by molar-refractivity contribution is -0.224. The third-order valence-corrected chi connectivity index (χ3v) is 2.72. The second-order valence-electron chi connectivity index (χ2n) is 4.32. The first-order valence-electron chi connectivity index (χ1n) is 5.04. The smallest absolute Gasteiger partial charge is 0.173 e. The molecule has 0 aromatic carbocycles. The van der Waals surface area contributed by atoms with Gasteiger partial charge in [-0.3, -0.25) is 0 Å². The van der Waals surface area contributed by atoms with Crippen molar-refractivity contribution in [2.24, 2.45) is 17.6 Å². The highest BCUT2D eigenvalue weighted by atomic mass is 16.7. The van der Waals surface area contributed by atoms with Gasteiger partial charge in [-0.25, -0.2) is 0 Å². The van der Waals surface area contributed by atoms with E-state index in [2.05, 4.69) is 27.7 Å². The van der Waals surface area contributed by atoms with Gasteiger partial charge in [-0.05, 0) is 0 Å². The number of nitrogens with two attached hydrogens (primary N) is 1. The fourth-order valence-electron chi connectivity index (χ4n) is 1.94. The number of rotatable bonds is 3. The zero-order valence-corrected chi connectivity index (χ0v) is 9.04. The Morgan fingerprint density at radius 2 is 1.85 bits per heavy atom. The Kier molecular flexibility index (Phi) is 3.33. The first-order chi connectivity index (χ1) is 6.03. The second kappa shape index (κ2) is 3.95. The number of hydrogen-bond acceptors (Lipinski definition) is 3. The molecule has 0 amide bonds. The minimum atomic E-state index is -0.413. The van der Waals surface area contributed by atoms with Crippen LogP contribution < -0.4 is 5.73 Å². The quantitative estimate of drug-likeness (QED) is 0.725. The van der Waals surface area contributed by atoms with Gasteiger partial charge in [0.25, 0.3) is 0 Å². The summed E-state index contributed by atoms with van der Waals surface area (Å²) in [5.74, 6) is 0.317. The fourth-order valence-corrected chi connectivity index (χ4v) is 1.94. The maximum Gasteiger partial charge on any atom is 0.173 e. The molecule has 78 valence electrons. The summed E-state index contributed by atoms with van der Waals surface area (Å²) >= 11 is 0. The molecular weight excluding hydrogens is 166 g/mol. The summed E-state index contributed by atoms with van der Waals surface area (Å²) in [5, 5.41) is 0. The summed E-state index contributed by atoms with van der Waals surface area (Å²) in [6, 6.07) is 0. The van der Waals surface area contributed by atoms with Gasteiger partial charge in [0.2, 0.25) is 0 Å². The molecule has 1 unspecified atom stereocenters. The Morgan fingerprint density at radius 3 is 2.08 bits per heavy atom. The van der Waals surface area contributed by atoms with Crippen LogP contribution in [0.15, 0.2) is 0 Å². The van der Waals surface area contributed by atoms with E-state index in [1.165, 1.54) is 0 Å². The molecular formula is C10H21NO2.